The lowest BCUT2D eigenvalue weighted by Crippen LogP contribution is -2.48. The molecule has 0 unspecified atom stereocenters. The van der Waals surface area contributed by atoms with E-state index in [-0.39, 0.29) is 11.8 Å². The summed E-state index contributed by atoms with van der Waals surface area (Å²) in [5.74, 6) is -0.212. The average molecular weight is 476 g/mol. The highest BCUT2D eigenvalue weighted by Crippen LogP contribution is 2.40. The van der Waals surface area contributed by atoms with Crippen molar-refractivity contribution in [1.29, 1.82) is 0 Å². The molecule has 5 nitrogen and oxygen atoms in total. The van der Waals surface area contributed by atoms with Crippen LogP contribution in [0.2, 0.25) is 5.02 Å². The SMILES string of the molecule is O=C1Nc2cc(C(=O)N3CCN(c4ccccc4)CC3)ccc2S/C1=C/c1ccccc1Cl. The minimum atomic E-state index is -0.200. The van der Waals surface area contributed by atoms with Gasteiger partial charge in [-0.3, -0.25) is 9.59 Å². The Balaban J connectivity index is 1.29. The van der Waals surface area contributed by atoms with Gasteiger partial charge in [0.15, 0.2) is 0 Å². The monoisotopic (exact) mass is 475 g/mol. The van der Waals surface area contributed by atoms with Crippen molar-refractivity contribution in [2.45, 2.75) is 4.90 Å². The molecule has 0 saturated carbocycles. The predicted octanol–water partition coefficient (Wildman–Crippen LogP) is 5.39. The summed E-state index contributed by atoms with van der Waals surface area (Å²) in [6.07, 6.45) is 1.79. The van der Waals surface area contributed by atoms with Crippen LogP contribution < -0.4 is 10.2 Å². The standard InChI is InChI=1S/C26H22ClN3O2S/c27-21-9-5-4-6-18(21)17-24-25(31)28-22-16-19(10-11-23(22)33-24)26(32)30-14-12-29(13-15-30)20-7-2-1-3-8-20/h1-11,16-17H,12-15H2,(H,28,31)/b24-17+. The van der Waals surface area contributed by atoms with Crippen molar-refractivity contribution in [3.63, 3.8) is 0 Å². The molecule has 0 radical (unpaired) electrons. The first-order valence-electron chi connectivity index (χ1n) is 10.8. The van der Waals surface area contributed by atoms with Crippen LogP contribution in [0.25, 0.3) is 6.08 Å². The molecule has 3 aromatic carbocycles. The van der Waals surface area contributed by atoms with Crippen LogP contribution in [0.3, 0.4) is 0 Å². The lowest BCUT2D eigenvalue weighted by atomic mass is 10.1. The fourth-order valence-corrected chi connectivity index (χ4v) is 5.13. The van der Waals surface area contributed by atoms with Crippen LogP contribution in [0.1, 0.15) is 15.9 Å². The molecule has 2 heterocycles. The zero-order chi connectivity index (χ0) is 22.8. The Hall–Kier alpha value is -3.22. The van der Waals surface area contributed by atoms with Gasteiger partial charge in [0, 0.05) is 47.3 Å². The third kappa shape index (κ3) is 4.63. The number of hydrogen-bond acceptors (Lipinski definition) is 4. The molecule has 1 saturated heterocycles. The summed E-state index contributed by atoms with van der Waals surface area (Å²) in [5, 5.41) is 3.52. The predicted molar refractivity (Wildman–Crippen MR) is 135 cm³/mol. The van der Waals surface area contributed by atoms with Crippen LogP contribution >= 0.6 is 23.4 Å². The zero-order valence-corrected chi connectivity index (χ0v) is 19.4. The molecule has 7 heteroatoms. The third-order valence-electron chi connectivity index (χ3n) is 5.80. The summed E-state index contributed by atoms with van der Waals surface area (Å²) < 4.78 is 0. The lowest BCUT2D eigenvalue weighted by molar-refractivity contribution is -0.112. The van der Waals surface area contributed by atoms with E-state index >= 15 is 0 Å². The first-order valence-corrected chi connectivity index (χ1v) is 12.0. The number of benzene rings is 3. The molecule has 0 spiro atoms. The molecule has 2 aliphatic heterocycles. The normalized spacial score (nSPS) is 17.0. The Morgan fingerprint density at radius 1 is 0.939 bits per heavy atom. The second-order valence-electron chi connectivity index (χ2n) is 7.91. The van der Waals surface area contributed by atoms with Crippen molar-refractivity contribution < 1.29 is 9.59 Å². The molecule has 33 heavy (non-hydrogen) atoms. The Morgan fingerprint density at radius 2 is 1.67 bits per heavy atom. The lowest BCUT2D eigenvalue weighted by Gasteiger charge is -2.36. The van der Waals surface area contributed by atoms with E-state index in [9.17, 15) is 9.59 Å². The molecule has 5 rings (SSSR count). The van der Waals surface area contributed by atoms with Gasteiger partial charge in [0.1, 0.15) is 0 Å². The van der Waals surface area contributed by atoms with Gasteiger partial charge in [-0.05, 0) is 48.0 Å². The second-order valence-corrected chi connectivity index (χ2v) is 9.40. The molecule has 0 aromatic heterocycles. The van der Waals surface area contributed by atoms with E-state index in [0.717, 1.165) is 23.5 Å². The summed E-state index contributed by atoms with van der Waals surface area (Å²) in [7, 11) is 0. The van der Waals surface area contributed by atoms with Crippen molar-refractivity contribution in [1.82, 2.24) is 4.90 Å². The number of nitrogens with zero attached hydrogens (tertiary/aromatic N) is 2. The summed E-state index contributed by atoms with van der Waals surface area (Å²) in [6, 6.07) is 23.2. The second kappa shape index (κ2) is 9.33. The van der Waals surface area contributed by atoms with Crippen molar-refractivity contribution in [3.05, 3.63) is 93.9 Å². The van der Waals surface area contributed by atoms with E-state index < -0.39 is 0 Å². The van der Waals surface area contributed by atoms with Gasteiger partial charge in [-0.15, -0.1) is 0 Å². The summed E-state index contributed by atoms with van der Waals surface area (Å²) >= 11 is 7.62. The van der Waals surface area contributed by atoms with Crippen molar-refractivity contribution >= 4 is 52.6 Å². The maximum Gasteiger partial charge on any atom is 0.262 e. The zero-order valence-electron chi connectivity index (χ0n) is 17.8. The number of fused-ring (bicyclic) bond motifs is 1. The summed E-state index contributed by atoms with van der Waals surface area (Å²) in [5.41, 5.74) is 3.22. The highest BCUT2D eigenvalue weighted by Gasteiger charge is 2.26. The number of carbonyl (C=O) groups is 2. The molecular formula is C26H22ClN3O2S. The average Bonchev–Trinajstić information content (AvgIpc) is 2.86. The highest BCUT2D eigenvalue weighted by molar-refractivity contribution is 8.04. The molecule has 2 aliphatic rings. The fraction of sp³-hybridized carbons (Fsp3) is 0.154. The van der Waals surface area contributed by atoms with E-state index in [4.69, 9.17) is 11.6 Å². The van der Waals surface area contributed by atoms with Crippen molar-refractivity contribution in [3.8, 4) is 0 Å². The maximum atomic E-state index is 13.1. The number of para-hydroxylation sites is 1. The number of hydrogen-bond donors (Lipinski definition) is 1. The highest BCUT2D eigenvalue weighted by atomic mass is 35.5. The van der Waals surface area contributed by atoms with Gasteiger partial charge in [0.2, 0.25) is 0 Å². The van der Waals surface area contributed by atoms with Gasteiger partial charge in [0.25, 0.3) is 11.8 Å². The number of nitrogens with one attached hydrogen (secondary N) is 1. The molecule has 0 atom stereocenters. The van der Waals surface area contributed by atoms with Crippen molar-refractivity contribution in [2.24, 2.45) is 0 Å². The van der Waals surface area contributed by atoms with Crippen LogP contribution in [-0.4, -0.2) is 42.9 Å². The van der Waals surface area contributed by atoms with Gasteiger partial charge < -0.3 is 15.1 Å². The Labute approximate surface area is 202 Å². The Kier molecular flexibility index (Phi) is 6.11. The number of rotatable bonds is 3. The van der Waals surface area contributed by atoms with Crippen LogP contribution in [0.4, 0.5) is 11.4 Å². The van der Waals surface area contributed by atoms with Gasteiger partial charge in [0.05, 0.1) is 10.6 Å². The number of thioether (sulfide) groups is 1. The van der Waals surface area contributed by atoms with Crippen molar-refractivity contribution in [2.75, 3.05) is 36.4 Å². The van der Waals surface area contributed by atoms with Crippen LogP contribution in [0.5, 0.6) is 0 Å². The van der Waals surface area contributed by atoms with E-state index in [0.29, 0.717) is 34.3 Å². The fourth-order valence-electron chi connectivity index (χ4n) is 4.02. The van der Waals surface area contributed by atoms with E-state index in [2.05, 4.69) is 22.3 Å². The Morgan fingerprint density at radius 3 is 2.42 bits per heavy atom. The Bertz CT molecular complexity index is 1240. The van der Waals surface area contributed by atoms with Crippen LogP contribution in [0, 0.1) is 0 Å². The molecule has 0 bridgehead atoms. The quantitative estimate of drug-likeness (QED) is 0.516. The minimum absolute atomic E-state index is 0.0119. The molecule has 166 valence electrons. The molecule has 3 aromatic rings. The van der Waals surface area contributed by atoms with Gasteiger partial charge in [-0.25, -0.2) is 0 Å². The number of halogens is 1. The molecular weight excluding hydrogens is 454 g/mol. The number of amides is 2. The van der Waals surface area contributed by atoms with E-state index in [1.807, 2.05) is 53.4 Å². The van der Waals surface area contributed by atoms with Gasteiger partial charge >= 0.3 is 0 Å². The summed E-state index contributed by atoms with van der Waals surface area (Å²) in [4.78, 5) is 31.4. The first-order chi connectivity index (χ1) is 16.1. The molecule has 2 amide bonds. The molecule has 1 N–H and O–H groups in total. The smallest absolute Gasteiger partial charge is 0.262 e. The molecule has 0 aliphatic carbocycles. The topological polar surface area (TPSA) is 52.7 Å². The third-order valence-corrected chi connectivity index (χ3v) is 7.24. The first kappa shape index (κ1) is 21.6. The minimum Gasteiger partial charge on any atom is -0.368 e. The number of piperazine rings is 1. The van der Waals surface area contributed by atoms with Gasteiger partial charge in [-0.2, -0.15) is 0 Å². The maximum absolute atomic E-state index is 13.1. The van der Waals surface area contributed by atoms with E-state index in [1.54, 1.807) is 18.2 Å². The molecule has 1 fully saturated rings. The van der Waals surface area contributed by atoms with Crippen LogP contribution in [-0.2, 0) is 4.79 Å². The van der Waals surface area contributed by atoms with Gasteiger partial charge in [-0.1, -0.05) is 59.8 Å². The number of carbonyl (C=O) groups excluding carboxylic acids is 2. The van der Waals surface area contributed by atoms with Crippen LogP contribution in [0.15, 0.2) is 82.6 Å². The van der Waals surface area contributed by atoms with E-state index in [1.165, 1.54) is 17.4 Å². The number of anilines is 2. The summed E-state index contributed by atoms with van der Waals surface area (Å²) in [6.45, 7) is 2.92. The largest absolute Gasteiger partial charge is 0.368 e.